The van der Waals surface area contributed by atoms with Gasteiger partial charge in [-0.1, -0.05) is 26.2 Å². The van der Waals surface area contributed by atoms with Gasteiger partial charge in [0.2, 0.25) is 0 Å². The summed E-state index contributed by atoms with van der Waals surface area (Å²) < 4.78 is 12.4. The highest BCUT2D eigenvalue weighted by Crippen LogP contribution is 2.24. The molecule has 0 unspecified atom stereocenters. The number of rotatable bonds is 7. The normalized spacial score (nSPS) is 10.1. The summed E-state index contributed by atoms with van der Waals surface area (Å²) in [5, 5.41) is 7.74. The minimum atomic E-state index is 0. The fraction of sp³-hybridized carbons (Fsp3) is 0.500. The zero-order valence-corrected chi connectivity index (χ0v) is 14.0. The summed E-state index contributed by atoms with van der Waals surface area (Å²) in [6.07, 6.45) is 8.59. The fourth-order valence-corrected chi connectivity index (χ4v) is 1.88. The van der Waals surface area contributed by atoms with Gasteiger partial charge in [-0.2, -0.15) is 0 Å². The highest BCUT2D eigenvalue weighted by Gasteiger charge is 2.15. The number of aryl methyl sites for hydroxylation is 1. The summed E-state index contributed by atoms with van der Waals surface area (Å²) in [5.74, 6) is 0.475. The number of hydrogen-bond donors (Lipinski definition) is 0. The Morgan fingerprint density at radius 2 is 2.10 bits per heavy atom. The molecule has 2 aromatic rings. The van der Waals surface area contributed by atoms with Crippen molar-refractivity contribution in [1.82, 2.24) is 10.3 Å². The molecule has 0 spiro atoms. The molecule has 0 fully saturated rings. The summed E-state index contributed by atoms with van der Waals surface area (Å²) in [7, 11) is 1.96. The minimum Gasteiger partial charge on any atom is -1.00 e. The molecule has 110 valence electrons. The molecule has 0 saturated heterocycles. The van der Waals surface area contributed by atoms with E-state index in [0.717, 1.165) is 12.0 Å². The van der Waals surface area contributed by atoms with E-state index in [2.05, 4.69) is 17.2 Å². The zero-order valence-electron chi connectivity index (χ0n) is 11.9. The van der Waals surface area contributed by atoms with Crippen molar-refractivity contribution in [3.8, 4) is 17.1 Å². The van der Waals surface area contributed by atoms with Gasteiger partial charge in [0.1, 0.15) is 7.05 Å². The van der Waals surface area contributed by atoms with E-state index in [9.17, 15) is 0 Å². The van der Waals surface area contributed by atoms with E-state index in [1.165, 1.54) is 19.3 Å². The van der Waals surface area contributed by atoms with Crippen LogP contribution in [-0.4, -0.2) is 16.9 Å². The van der Waals surface area contributed by atoms with Gasteiger partial charge in [0.25, 0.3) is 5.88 Å². The van der Waals surface area contributed by atoms with Crippen molar-refractivity contribution in [2.45, 2.75) is 32.6 Å². The van der Waals surface area contributed by atoms with Crippen LogP contribution in [0.2, 0.25) is 0 Å². The van der Waals surface area contributed by atoms with Gasteiger partial charge in [-0.3, -0.25) is 0 Å². The Labute approximate surface area is 136 Å². The molecule has 5 nitrogen and oxygen atoms in total. The molecule has 6 heteroatoms. The van der Waals surface area contributed by atoms with Crippen LogP contribution in [0.1, 0.15) is 32.6 Å². The number of aromatic nitrogens is 3. The van der Waals surface area contributed by atoms with Gasteiger partial charge in [0.05, 0.1) is 12.2 Å². The van der Waals surface area contributed by atoms with Gasteiger partial charge in [0.15, 0.2) is 18.1 Å². The quantitative estimate of drug-likeness (QED) is 0.365. The Morgan fingerprint density at radius 1 is 1.25 bits per heavy atom. The topological polar surface area (TPSA) is 52.0 Å². The number of hydrogen-bond acceptors (Lipinski definition) is 4. The molecule has 0 radical (unpaired) electrons. The first-order chi connectivity index (χ1) is 9.31. The van der Waals surface area contributed by atoms with Crippen LogP contribution >= 0.6 is 0 Å². The van der Waals surface area contributed by atoms with Crippen LogP contribution in [0, 0.1) is 0 Å². The van der Waals surface area contributed by atoms with E-state index >= 15 is 0 Å². The molecule has 0 aliphatic rings. The third-order valence-electron chi connectivity index (χ3n) is 2.91. The Hall–Kier alpha value is -1.18. The average Bonchev–Trinajstić information content (AvgIpc) is 2.87. The van der Waals surface area contributed by atoms with Gasteiger partial charge in [-0.15, -0.1) is 0 Å². The van der Waals surface area contributed by atoms with Gasteiger partial charge < -0.3 is 28.7 Å². The van der Waals surface area contributed by atoms with E-state index in [1.54, 1.807) is 0 Å². The van der Waals surface area contributed by atoms with Gasteiger partial charge in [-0.25, -0.2) is 9.20 Å². The second-order valence-corrected chi connectivity index (χ2v) is 4.59. The lowest BCUT2D eigenvalue weighted by atomic mass is 10.2. The minimum absolute atomic E-state index is 0. The highest BCUT2D eigenvalue weighted by atomic mass is 127. The second kappa shape index (κ2) is 8.89. The maximum absolute atomic E-state index is 5.64. The molecule has 0 aliphatic heterocycles. The predicted molar refractivity (Wildman–Crippen MR) is 70.5 cm³/mol. The van der Waals surface area contributed by atoms with Crippen LogP contribution in [-0.2, 0) is 7.05 Å². The molecular weight excluding hydrogens is 369 g/mol. The van der Waals surface area contributed by atoms with E-state index in [-0.39, 0.29) is 24.0 Å². The summed E-state index contributed by atoms with van der Waals surface area (Å²) >= 11 is 0. The lowest BCUT2D eigenvalue weighted by Gasteiger charge is -2.02. The lowest BCUT2D eigenvalue weighted by Crippen LogP contribution is -3.00. The number of halogens is 1. The molecule has 0 bridgehead atoms. The number of ether oxygens (including phenoxy) is 1. The molecule has 0 amide bonds. The van der Waals surface area contributed by atoms with E-state index < -0.39 is 0 Å². The van der Waals surface area contributed by atoms with Gasteiger partial charge in [-0.05, 0) is 22.8 Å². The molecule has 0 N–H and O–H groups in total. The molecule has 20 heavy (non-hydrogen) atoms. The van der Waals surface area contributed by atoms with Crippen molar-refractivity contribution in [2.24, 2.45) is 7.05 Å². The lowest BCUT2D eigenvalue weighted by molar-refractivity contribution is -0.671. The molecule has 0 atom stereocenters. The second-order valence-electron chi connectivity index (χ2n) is 4.59. The molecule has 2 rings (SSSR count). The first-order valence-corrected chi connectivity index (χ1v) is 6.72. The Bertz CT molecular complexity index is 517. The molecular formula is C14H20IN3O2. The molecule has 2 heterocycles. The van der Waals surface area contributed by atoms with Crippen molar-refractivity contribution in [2.75, 3.05) is 6.61 Å². The van der Waals surface area contributed by atoms with Crippen molar-refractivity contribution in [3.63, 3.8) is 0 Å². The van der Waals surface area contributed by atoms with Crippen LogP contribution in [0.5, 0.6) is 5.88 Å². The van der Waals surface area contributed by atoms with Crippen LogP contribution < -0.4 is 33.3 Å². The van der Waals surface area contributed by atoms with Crippen LogP contribution in [0.3, 0.4) is 0 Å². The standard InChI is InChI=1S/C14H20N3O2.HI/c1-3-4-5-6-10-18-14-13(15-19-16-14)12-8-7-9-17(2)11-12;/h7-9,11H,3-6,10H2,1-2H3;1H/q+1;/p-1. The zero-order chi connectivity index (χ0) is 13.5. The van der Waals surface area contributed by atoms with E-state index in [0.29, 0.717) is 18.2 Å². The van der Waals surface area contributed by atoms with Crippen molar-refractivity contribution in [1.29, 1.82) is 0 Å². The molecule has 0 aliphatic carbocycles. The summed E-state index contributed by atoms with van der Waals surface area (Å²) in [4.78, 5) is 0. The third kappa shape index (κ3) is 4.73. The monoisotopic (exact) mass is 389 g/mol. The largest absolute Gasteiger partial charge is 1.00 e. The SMILES string of the molecule is CCCCCCOc1nonc1-c1ccc[n+](C)c1.[I-]. The molecule has 2 aromatic heterocycles. The van der Waals surface area contributed by atoms with Gasteiger partial charge in [0, 0.05) is 6.07 Å². The van der Waals surface area contributed by atoms with Crippen LogP contribution in [0.25, 0.3) is 11.3 Å². The maximum atomic E-state index is 5.64. The Morgan fingerprint density at radius 3 is 2.85 bits per heavy atom. The van der Waals surface area contributed by atoms with Crippen LogP contribution in [0.4, 0.5) is 0 Å². The molecule has 0 aromatic carbocycles. The van der Waals surface area contributed by atoms with Crippen molar-refractivity contribution in [3.05, 3.63) is 24.5 Å². The third-order valence-corrected chi connectivity index (χ3v) is 2.91. The first kappa shape index (κ1) is 16.9. The Balaban J connectivity index is 0.00000200. The maximum Gasteiger partial charge on any atom is 0.284 e. The number of pyridine rings is 1. The van der Waals surface area contributed by atoms with Crippen LogP contribution in [0.15, 0.2) is 29.2 Å². The van der Waals surface area contributed by atoms with E-state index in [4.69, 9.17) is 9.37 Å². The predicted octanol–water partition coefficient (Wildman–Crippen LogP) is -0.476. The summed E-state index contributed by atoms with van der Waals surface area (Å²) in [5.41, 5.74) is 1.60. The summed E-state index contributed by atoms with van der Waals surface area (Å²) in [6, 6.07) is 3.92. The van der Waals surface area contributed by atoms with Crippen molar-refractivity contribution >= 4 is 0 Å². The van der Waals surface area contributed by atoms with Gasteiger partial charge >= 0.3 is 0 Å². The first-order valence-electron chi connectivity index (χ1n) is 6.72. The smallest absolute Gasteiger partial charge is 0.284 e. The number of nitrogens with zero attached hydrogens (tertiary/aromatic N) is 3. The number of unbranched alkanes of at least 4 members (excludes halogenated alkanes) is 3. The van der Waals surface area contributed by atoms with E-state index in [1.807, 2.05) is 36.1 Å². The van der Waals surface area contributed by atoms with Crippen molar-refractivity contribution < 1.29 is 37.9 Å². The average molecular weight is 389 g/mol. The molecule has 0 saturated carbocycles. The summed E-state index contributed by atoms with van der Waals surface area (Å²) in [6.45, 7) is 2.84. The fourth-order valence-electron chi connectivity index (χ4n) is 1.88. The Kier molecular flexibility index (Phi) is 7.50. The highest BCUT2D eigenvalue weighted by molar-refractivity contribution is 5.61.